The van der Waals surface area contributed by atoms with Gasteiger partial charge in [0.25, 0.3) is 0 Å². The Morgan fingerprint density at radius 1 is 1.21 bits per heavy atom. The number of hydrogen-bond donors (Lipinski definition) is 2. The molecule has 0 atom stereocenters. The zero-order valence-corrected chi connectivity index (χ0v) is 10.0. The number of rotatable bonds is 1. The number of alkyl halides is 3. The number of hydrogen-bond acceptors (Lipinski definition) is 2. The highest BCUT2D eigenvalue weighted by molar-refractivity contribution is 5.57. The first-order valence-electron chi connectivity index (χ1n) is 5.99. The first-order chi connectivity index (χ1) is 9.04. The van der Waals surface area contributed by atoms with Gasteiger partial charge in [0.2, 0.25) is 0 Å². The van der Waals surface area contributed by atoms with Crippen LogP contribution in [0.25, 0.3) is 11.4 Å². The van der Waals surface area contributed by atoms with Gasteiger partial charge in [-0.15, -0.1) is 0 Å². The Morgan fingerprint density at radius 2 is 2.05 bits per heavy atom. The van der Waals surface area contributed by atoms with E-state index >= 15 is 0 Å². The van der Waals surface area contributed by atoms with Gasteiger partial charge in [0.05, 0.1) is 17.0 Å². The number of aromatic amines is 1. The van der Waals surface area contributed by atoms with Crippen LogP contribution in [0.5, 0.6) is 0 Å². The number of aromatic nitrogens is 2. The van der Waals surface area contributed by atoms with Crippen molar-refractivity contribution in [3.05, 3.63) is 41.2 Å². The predicted octanol–water partition coefficient (Wildman–Crippen LogP) is 2.74. The molecule has 0 radical (unpaired) electrons. The number of pyridine rings is 1. The lowest BCUT2D eigenvalue weighted by molar-refractivity contribution is -0.137. The summed E-state index contributed by atoms with van der Waals surface area (Å²) in [4.78, 5) is 7.09. The molecule has 3 rings (SSSR count). The van der Waals surface area contributed by atoms with Crippen molar-refractivity contribution in [2.75, 3.05) is 6.54 Å². The van der Waals surface area contributed by atoms with Gasteiger partial charge in [-0.1, -0.05) is 0 Å². The molecule has 3 heterocycles. The van der Waals surface area contributed by atoms with Gasteiger partial charge in [0.15, 0.2) is 0 Å². The van der Waals surface area contributed by atoms with Crippen molar-refractivity contribution in [3.63, 3.8) is 0 Å². The smallest absolute Gasteiger partial charge is 0.356 e. The quantitative estimate of drug-likeness (QED) is 0.834. The maximum absolute atomic E-state index is 12.5. The van der Waals surface area contributed by atoms with Crippen LogP contribution in [0.1, 0.15) is 16.8 Å². The maximum Gasteiger partial charge on any atom is 0.417 e. The van der Waals surface area contributed by atoms with Gasteiger partial charge in [-0.2, -0.15) is 13.2 Å². The summed E-state index contributed by atoms with van der Waals surface area (Å²) in [5.41, 5.74) is 2.86. The van der Waals surface area contributed by atoms with Crippen molar-refractivity contribution >= 4 is 0 Å². The first-order valence-corrected chi connectivity index (χ1v) is 5.99. The van der Waals surface area contributed by atoms with E-state index in [4.69, 9.17) is 0 Å². The number of fused-ring (bicyclic) bond motifs is 1. The first kappa shape index (κ1) is 12.2. The van der Waals surface area contributed by atoms with Crippen LogP contribution in [0.2, 0.25) is 0 Å². The third-order valence-electron chi connectivity index (χ3n) is 3.23. The highest BCUT2D eigenvalue weighted by Crippen LogP contribution is 2.30. The fourth-order valence-electron chi connectivity index (χ4n) is 2.22. The molecule has 0 saturated heterocycles. The van der Waals surface area contributed by atoms with E-state index in [2.05, 4.69) is 15.3 Å². The average Bonchev–Trinajstić information content (AvgIpc) is 2.81. The molecular formula is C13H12F3N3. The van der Waals surface area contributed by atoms with Crippen LogP contribution in [0.3, 0.4) is 0 Å². The lowest BCUT2D eigenvalue weighted by Gasteiger charge is -2.11. The number of nitrogens with zero attached hydrogens (tertiary/aromatic N) is 1. The highest BCUT2D eigenvalue weighted by Gasteiger charge is 2.30. The lowest BCUT2D eigenvalue weighted by atomic mass is 10.1. The van der Waals surface area contributed by atoms with Crippen molar-refractivity contribution < 1.29 is 13.2 Å². The van der Waals surface area contributed by atoms with Gasteiger partial charge in [-0.3, -0.25) is 4.98 Å². The van der Waals surface area contributed by atoms with E-state index in [0.29, 0.717) is 5.69 Å². The third kappa shape index (κ3) is 2.35. The molecule has 0 saturated carbocycles. The van der Waals surface area contributed by atoms with Crippen LogP contribution < -0.4 is 5.32 Å². The summed E-state index contributed by atoms with van der Waals surface area (Å²) in [7, 11) is 0. The van der Waals surface area contributed by atoms with E-state index in [9.17, 15) is 13.2 Å². The molecular weight excluding hydrogens is 255 g/mol. The Hall–Kier alpha value is -1.82. The van der Waals surface area contributed by atoms with Crippen LogP contribution in [-0.4, -0.2) is 16.5 Å². The highest BCUT2D eigenvalue weighted by atomic mass is 19.4. The molecule has 0 aromatic carbocycles. The van der Waals surface area contributed by atoms with Crippen LogP contribution in [-0.2, 0) is 19.1 Å². The zero-order valence-electron chi connectivity index (χ0n) is 10.0. The molecule has 2 aromatic heterocycles. The zero-order chi connectivity index (χ0) is 13.5. The Labute approximate surface area is 107 Å². The Morgan fingerprint density at radius 3 is 2.68 bits per heavy atom. The van der Waals surface area contributed by atoms with E-state index in [1.807, 2.05) is 6.07 Å². The third-order valence-corrected chi connectivity index (χ3v) is 3.23. The molecule has 0 unspecified atom stereocenters. The molecule has 0 aliphatic carbocycles. The fourth-order valence-corrected chi connectivity index (χ4v) is 2.22. The molecule has 2 N–H and O–H groups in total. The minimum Gasteiger partial charge on any atom is -0.356 e. The van der Waals surface area contributed by atoms with Crippen molar-refractivity contribution in [1.82, 2.24) is 15.3 Å². The van der Waals surface area contributed by atoms with Gasteiger partial charge in [0, 0.05) is 18.4 Å². The van der Waals surface area contributed by atoms with E-state index < -0.39 is 11.7 Å². The number of halogens is 3. The monoisotopic (exact) mass is 267 g/mol. The van der Waals surface area contributed by atoms with Crippen molar-refractivity contribution in [1.29, 1.82) is 0 Å². The minimum absolute atomic E-state index is 0.530. The molecule has 2 aromatic rings. The Bertz CT molecular complexity index is 561. The molecule has 6 heteroatoms. The molecule has 0 fully saturated rings. The molecule has 3 nitrogen and oxygen atoms in total. The molecule has 0 amide bonds. The van der Waals surface area contributed by atoms with Gasteiger partial charge in [0.1, 0.15) is 0 Å². The summed E-state index contributed by atoms with van der Waals surface area (Å²) in [5.74, 6) is 0. The molecule has 1 aliphatic rings. The van der Waals surface area contributed by atoms with E-state index in [1.165, 1.54) is 11.6 Å². The molecule has 0 bridgehead atoms. The second-order valence-corrected chi connectivity index (χ2v) is 4.54. The normalized spacial score (nSPS) is 15.3. The molecule has 0 spiro atoms. The van der Waals surface area contributed by atoms with Crippen LogP contribution in [0.4, 0.5) is 13.2 Å². The average molecular weight is 267 g/mol. The van der Waals surface area contributed by atoms with Gasteiger partial charge >= 0.3 is 6.18 Å². The van der Waals surface area contributed by atoms with Gasteiger partial charge in [-0.25, -0.2) is 0 Å². The van der Waals surface area contributed by atoms with Crippen molar-refractivity contribution in [3.8, 4) is 11.4 Å². The van der Waals surface area contributed by atoms with Crippen molar-refractivity contribution in [2.45, 2.75) is 19.1 Å². The Balaban J connectivity index is 1.92. The summed E-state index contributed by atoms with van der Waals surface area (Å²) < 4.78 is 37.4. The Kier molecular flexibility index (Phi) is 2.82. The van der Waals surface area contributed by atoms with Gasteiger partial charge < -0.3 is 10.3 Å². The van der Waals surface area contributed by atoms with E-state index in [0.717, 1.165) is 43.2 Å². The van der Waals surface area contributed by atoms with Crippen LogP contribution in [0, 0.1) is 0 Å². The standard InChI is InChI=1S/C13H12F3N3/c14-13(15,16)9-1-2-10(18-6-9)11-5-8-3-4-17-7-12(8)19-11/h1-2,5-6,17,19H,3-4,7H2. The molecule has 19 heavy (non-hydrogen) atoms. The van der Waals surface area contributed by atoms with Gasteiger partial charge in [-0.05, 0) is 36.7 Å². The number of H-pyrrole nitrogens is 1. The topological polar surface area (TPSA) is 40.7 Å². The summed E-state index contributed by atoms with van der Waals surface area (Å²) >= 11 is 0. The fraction of sp³-hybridized carbons (Fsp3) is 0.308. The molecule has 100 valence electrons. The van der Waals surface area contributed by atoms with Crippen LogP contribution >= 0.6 is 0 Å². The van der Waals surface area contributed by atoms with Crippen molar-refractivity contribution in [2.24, 2.45) is 0 Å². The SMILES string of the molecule is FC(F)(F)c1ccc(-c2cc3c([nH]2)CNCC3)nc1. The summed E-state index contributed by atoms with van der Waals surface area (Å²) in [6.45, 7) is 1.68. The minimum atomic E-state index is -4.34. The van der Waals surface area contributed by atoms with Crippen LogP contribution in [0.15, 0.2) is 24.4 Å². The predicted molar refractivity (Wildman–Crippen MR) is 64.4 cm³/mol. The lowest BCUT2D eigenvalue weighted by Crippen LogP contribution is -2.22. The van der Waals surface area contributed by atoms with E-state index in [1.54, 1.807) is 0 Å². The number of nitrogens with one attached hydrogen (secondary N) is 2. The largest absolute Gasteiger partial charge is 0.417 e. The maximum atomic E-state index is 12.5. The summed E-state index contributed by atoms with van der Waals surface area (Å²) in [5, 5.41) is 3.23. The molecule has 1 aliphatic heterocycles. The second-order valence-electron chi connectivity index (χ2n) is 4.54. The summed E-state index contributed by atoms with van der Waals surface area (Å²) in [6.07, 6.45) is -2.55. The van der Waals surface area contributed by atoms with E-state index in [-0.39, 0.29) is 0 Å². The summed E-state index contributed by atoms with van der Waals surface area (Å²) in [6, 6.07) is 4.42. The second kappa shape index (κ2) is 4.38.